The van der Waals surface area contributed by atoms with Crippen LogP contribution in [-0.4, -0.2) is 29.6 Å². The smallest absolute Gasteiger partial charge is 0.332 e. The molecule has 0 aromatic heterocycles. The summed E-state index contributed by atoms with van der Waals surface area (Å²) in [5.74, 6) is -1.52. The number of carboxylic acids is 1. The van der Waals surface area contributed by atoms with Crippen molar-refractivity contribution in [2.24, 2.45) is 11.5 Å². The first-order chi connectivity index (χ1) is 7.49. The van der Waals surface area contributed by atoms with Crippen molar-refractivity contribution in [2.75, 3.05) is 6.54 Å². The molecule has 0 spiro atoms. The van der Waals surface area contributed by atoms with E-state index in [1.165, 1.54) is 13.1 Å². The molecular formula is C10H19N3O3. The van der Waals surface area contributed by atoms with Crippen LogP contribution in [0.2, 0.25) is 0 Å². The van der Waals surface area contributed by atoms with E-state index in [0.29, 0.717) is 13.0 Å². The van der Waals surface area contributed by atoms with Crippen LogP contribution in [0.1, 0.15) is 26.2 Å². The normalized spacial score (nSPS) is 13.2. The molecule has 16 heavy (non-hydrogen) atoms. The maximum Gasteiger partial charge on any atom is 0.332 e. The third-order valence-electron chi connectivity index (χ3n) is 2.13. The Morgan fingerprint density at radius 3 is 2.50 bits per heavy atom. The van der Waals surface area contributed by atoms with E-state index in [9.17, 15) is 9.59 Å². The highest BCUT2D eigenvalue weighted by Crippen LogP contribution is 2.01. The highest BCUT2D eigenvalue weighted by atomic mass is 16.4. The van der Waals surface area contributed by atoms with Crippen LogP contribution < -0.4 is 16.8 Å². The van der Waals surface area contributed by atoms with Crippen molar-refractivity contribution in [2.45, 2.75) is 32.2 Å². The maximum atomic E-state index is 11.0. The second-order valence-electron chi connectivity index (χ2n) is 3.54. The van der Waals surface area contributed by atoms with Gasteiger partial charge in [0.25, 0.3) is 0 Å². The Bertz CT molecular complexity index is 276. The van der Waals surface area contributed by atoms with Gasteiger partial charge < -0.3 is 21.9 Å². The molecule has 0 aliphatic carbocycles. The van der Waals surface area contributed by atoms with Crippen LogP contribution in [0.15, 0.2) is 11.8 Å². The number of amides is 1. The molecule has 0 bridgehead atoms. The molecule has 6 N–H and O–H groups in total. The van der Waals surface area contributed by atoms with Gasteiger partial charge in [-0.3, -0.25) is 4.79 Å². The molecule has 0 saturated carbocycles. The lowest BCUT2D eigenvalue weighted by molar-refractivity contribution is -0.132. The van der Waals surface area contributed by atoms with Gasteiger partial charge in [0.05, 0.1) is 0 Å². The number of primary amides is 1. The Balaban J connectivity index is 4.18. The molecule has 0 aromatic rings. The molecule has 0 unspecified atom stereocenters. The first-order valence-corrected chi connectivity index (χ1v) is 5.14. The van der Waals surface area contributed by atoms with Gasteiger partial charge in [0.1, 0.15) is 6.04 Å². The lowest BCUT2D eigenvalue weighted by atomic mass is 10.1. The molecule has 0 rings (SSSR count). The van der Waals surface area contributed by atoms with Crippen LogP contribution in [0, 0.1) is 0 Å². The number of nitrogens with one attached hydrogen (secondary N) is 1. The van der Waals surface area contributed by atoms with E-state index in [-0.39, 0.29) is 5.57 Å². The molecular weight excluding hydrogens is 210 g/mol. The van der Waals surface area contributed by atoms with Crippen molar-refractivity contribution in [1.29, 1.82) is 0 Å². The zero-order chi connectivity index (χ0) is 12.6. The summed E-state index contributed by atoms with van der Waals surface area (Å²) in [6.07, 6.45) is 3.43. The first kappa shape index (κ1) is 14.4. The number of carbonyl (C=O) groups excluding carboxylic acids is 1. The van der Waals surface area contributed by atoms with Crippen molar-refractivity contribution in [3.63, 3.8) is 0 Å². The first-order valence-electron chi connectivity index (χ1n) is 5.14. The molecule has 1 atom stereocenters. The maximum absolute atomic E-state index is 11.0. The van der Waals surface area contributed by atoms with E-state index in [2.05, 4.69) is 5.32 Å². The van der Waals surface area contributed by atoms with Crippen molar-refractivity contribution in [3.05, 3.63) is 11.8 Å². The molecule has 0 heterocycles. The summed E-state index contributed by atoms with van der Waals surface area (Å²) in [7, 11) is 0. The standard InChI is InChI=1S/C10H19N3O3/c1-7(10(15)16)6-13-8(9(12)14)4-2-3-5-11/h6,8,13H,2-5,11H2,1H3,(H2,12,14)(H,15,16)/t8-/m0/s1. The fourth-order valence-electron chi connectivity index (χ4n) is 1.09. The van der Waals surface area contributed by atoms with Gasteiger partial charge >= 0.3 is 5.97 Å². The van der Waals surface area contributed by atoms with Gasteiger partial charge in [-0.1, -0.05) is 0 Å². The third kappa shape index (κ3) is 6.02. The van der Waals surface area contributed by atoms with Gasteiger partial charge in [-0.25, -0.2) is 4.79 Å². The van der Waals surface area contributed by atoms with Gasteiger partial charge in [-0.05, 0) is 32.7 Å². The summed E-state index contributed by atoms with van der Waals surface area (Å²) in [5.41, 5.74) is 10.6. The van der Waals surface area contributed by atoms with E-state index in [1.807, 2.05) is 0 Å². The van der Waals surface area contributed by atoms with Gasteiger partial charge in [-0.2, -0.15) is 0 Å². The monoisotopic (exact) mass is 229 g/mol. The Morgan fingerprint density at radius 2 is 2.06 bits per heavy atom. The molecule has 0 fully saturated rings. The lowest BCUT2D eigenvalue weighted by Gasteiger charge is -2.13. The van der Waals surface area contributed by atoms with Crippen LogP contribution in [0.25, 0.3) is 0 Å². The second kappa shape index (κ2) is 7.70. The average molecular weight is 229 g/mol. The van der Waals surface area contributed by atoms with E-state index in [1.54, 1.807) is 0 Å². The number of nitrogens with two attached hydrogens (primary N) is 2. The lowest BCUT2D eigenvalue weighted by Crippen LogP contribution is -2.38. The van der Waals surface area contributed by atoms with E-state index < -0.39 is 17.9 Å². The minimum Gasteiger partial charge on any atom is -0.478 e. The number of aliphatic carboxylic acids is 1. The van der Waals surface area contributed by atoms with Crippen LogP contribution >= 0.6 is 0 Å². The third-order valence-corrected chi connectivity index (χ3v) is 2.13. The minimum atomic E-state index is -1.03. The van der Waals surface area contributed by atoms with Crippen LogP contribution in [-0.2, 0) is 9.59 Å². The summed E-state index contributed by atoms with van der Waals surface area (Å²) in [6.45, 7) is 2.00. The molecule has 1 amide bonds. The molecule has 0 aliphatic rings. The van der Waals surface area contributed by atoms with E-state index in [0.717, 1.165) is 12.8 Å². The number of carbonyl (C=O) groups is 2. The largest absolute Gasteiger partial charge is 0.478 e. The number of hydrogen-bond donors (Lipinski definition) is 4. The number of rotatable bonds is 8. The fraction of sp³-hybridized carbons (Fsp3) is 0.600. The predicted octanol–water partition coefficient (Wildman–Crippen LogP) is -0.453. The number of carboxylic acid groups (broad SMARTS) is 1. The summed E-state index contributed by atoms with van der Waals surface area (Å²) < 4.78 is 0. The van der Waals surface area contributed by atoms with Crippen LogP contribution in [0.5, 0.6) is 0 Å². The number of hydrogen-bond acceptors (Lipinski definition) is 4. The zero-order valence-electron chi connectivity index (χ0n) is 9.40. The molecule has 0 aromatic carbocycles. The Kier molecular flexibility index (Phi) is 6.95. The second-order valence-corrected chi connectivity index (χ2v) is 3.54. The SMILES string of the molecule is CC(=CN[C@@H](CCCCN)C(N)=O)C(=O)O. The minimum absolute atomic E-state index is 0.130. The van der Waals surface area contributed by atoms with Crippen LogP contribution in [0.3, 0.4) is 0 Å². The Morgan fingerprint density at radius 1 is 1.44 bits per heavy atom. The fourth-order valence-corrected chi connectivity index (χ4v) is 1.09. The van der Waals surface area contributed by atoms with Crippen LogP contribution in [0.4, 0.5) is 0 Å². The highest BCUT2D eigenvalue weighted by Gasteiger charge is 2.13. The van der Waals surface area contributed by atoms with Gasteiger partial charge in [0, 0.05) is 11.8 Å². The summed E-state index contributed by atoms with van der Waals surface area (Å²) in [4.78, 5) is 21.5. The average Bonchev–Trinajstić information content (AvgIpc) is 2.21. The number of unbranched alkanes of at least 4 members (excludes halogenated alkanes) is 1. The molecule has 0 aliphatic heterocycles. The van der Waals surface area contributed by atoms with E-state index in [4.69, 9.17) is 16.6 Å². The topological polar surface area (TPSA) is 118 Å². The molecule has 6 heteroatoms. The molecule has 0 radical (unpaired) electrons. The van der Waals surface area contributed by atoms with E-state index >= 15 is 0 Å². The van der Waals surface area contributed by atoms with Crippen molar-refractivity contribution in [3.8, 4) is 0 Å². The molecule has 6 nitrogen and oxygen atoms in total. The van der Waals surface area contributed by atoms with Crippen molar-refractivity contribution in [1.82, 2.24) is 5.32 Å². The molecule has 0 saturated heterocycles. The quantitative estimate of drug-likeness (QED) is 0.332. The summed E-state index contributed by atoms with van der Waals surface area (Å²) in [6, 6.07) is -0.541. The predicted molar refractivity (Wildman–Crippen MR) is 60.4 cm³/mol. The van der Waals surface area contributed by atoms with Gasteiger partial charge in [0.2, 0.25) is 5.91 Å². The Labute approximate surface area is 94.7 Å². The highest BCUT2D eigenvalue weighted by molar-refractivity contribution is 5.86. The molecule has 92 valence electrons. The van der Waals surface area contributed by atoms with Gasteiger partial charge in [0.15, 0.2) is 0 Å². The van der Waals surface area contributed by atoms with Crippen molar-refractivity contribution < 1.29 is 14.7 Å². The summed E-state index contributed by atoms with van der Waals surface area (Å²) in [5, 5.41) is 11.3. The zero-order valence-corrected chi connectivity index (χ0v) is 9.40. The van der Waals surface area contributed by atoms with Crippen molar-refractivity contribution >= 4 is 11.9 Å². The summed E-state index contributed by atoms with van der Waals surface area (Å²) >= 11 is 0. The Hall–Kier alpha value is -1.56. The van der Waals surface area contributed by atoms with Gasteiger partial charge in [-0.15, -0.1) is 0 Å².